The van der Waals surface area contributed by atoms with Crippen molar-refractivity contribution in [2.45, 2.75) is 6.42 Å². The van der Waals surface area contributed by atoms with Crippen LogP contribution in [-0.2, 0) is 6.42 Å². The summed E-state index contributed by atoms with van der Waals surface area (Å²) in [5, 5.41) is 6.83. The third-order valence-electron chi connectivity index (χ3n) is 3.30. The van der Waals surface area contributed by atoms with Crippen LogP contribution in [0.2, 0.25) is 0 Å². The number of rotatable bonds is 1. The molecule has 88 valence electrons. The molecule has 4 heteroatoms. The number of hydrogen-bond donors (Lipinski definition) is 2. The highest BCUT2D eigenvalue weighted by Crippen LogP contribution is 2.31. The number of nitrogens with zero attached hydrogens (tertiary/aromatic N) is 1. The van der Waals surface area contributed by atoms with Crippen molar-refractivity contribution < 1.29 is 0 Å². The van der Waals surface area contributed by atoms with Gasteiger partial charge in [0.05, 0.1) is 0 Å². The van der Waals surface area contributed by atoms with Crippen LogP contribution in [0, 0.1) is 0 Å². The molecule has 3 nitrogen and oxygen atoms in total. The fourth-order valence-electron chi connectivity index (χ4n) is 2.53. The van der Waals surface area contributed by atoms with Crippen molar-refractivity contribution in [1.82, 2.24) is 5.32 Å². The number of piperazine rings is 1. The number of nitrogens with one attached hydrogen (secondary N) is 2. The molecule has 0 atom stereocenters. The molecule has 16 heavy (non-hydrogen) atoms. The summed E-state index contributed by atoms with van der Waals surface area (Å²) in [6, 6.07) is 6.61. The third-order valence-corrected chi connectivity index (χ3v) is 3.30. The average Bonchev–Trinajstić information content (AvgIpc) is 2.78. The molecular weight excluding hydrogens is 222 g/mol. The second kappa shape index (κ2) is 4.93. The Labute approximate surface area is 103 Å². The summed E-state index contributed by atoms with van der Waals surface area (Å²) in [5.41, 5.74) is 4.30. The molecule has 2 N–H and O–H groups in total. The van der Waals surface area contributed by atoms with E-state index >= 15 is 0 Å². The van der Waals surface area contributed by atoms with E-state index in [2.05, 4.69) is 33.7 Å². The van der Waals surface area contributed by atoms with Crippen LogP contribution in [0.25, 0.3) is 0 Å². The number of benzene rings is 1. The molecule has 0 spiro atoms. The van der Waals surface area contributed by atoms with Crippen LogP contribution in [-0.4, -0.2) is 32.7 Å². The normalized spacial score (nSPS) is 18.6. The van der Waals surface area contributed by atoms with Gasteiger partial charge in [0.1, 0.15) is 0 Å². The van der Waals surface area contributed by atoms with Crippen LogP contribution in [0.15, 0.2) is 18.2 Å². The zero-order chi connectivity index (χ0) is 10.1. The Bertz CT molecular complexity index is 361. The second-order valence-electron chi connectivity index (χ2n) is 4.22. The maximum absolute atomic E-state index is 3.44. The van der Waals surface area contributed by atoms with E-state index in [0.29, 0.717) is 0 Å². The first-order valence-electron chi connectivity index (χ1n) is 5.76. The van der Waals surface area contributed by atoms with E-state index < -0.39 is 0 Å². The van der Waals surface area contributed by atoms with Gasteiger partial charge in [0.2, 0.25) is 0 Å². The van der Waals surface area contributed by atoms with E-state index in [-0.39, 0.29) is 12.4 Å². The molecule has 0 aliphatic carbocycles. The van der Waals surface area contributed by atoms with E-state index in [1.165, 1.54) is 23.4 Å². The summed E-state index contributed by atoms with van der Waals surface area (Å²) < 4.78 is 0. The molecule has 1 aromatic rings. The maximum atomic E-state index is 3.44. The van der Waals surface area contributed by atoms with Crippen molar-refractivity contribution in [3.05, 3.63) is 23.8 Å². The monoisotopic (exact) mass is 239 g/mol. The minimum absolute atomic E-state index is 0. The molecular formula is C12H18ClN3. The Morgan fingerprint density at radius 2 is 1.88 bits per heavy atom. The van der Waals surface area contributed by atoms with Crippen molar-refractivity contribution in [2.24, 2.45) is 0 Å². The standard InChI is InChI=1S/C12H17N3.ClH/c1-2-11-10(4-5-14-11)12(3-1)15-8-6-13-7-9-15;/h1-3,13-14H,4-9H2;1H. The fourth-order valence-corrected chi connectivity index (χ4v) is 2.53. The number of hydrogen-bond acceptors (Lipinski definition) is 3. The van der Waals surface area contributed by atoms with Crippen molar-refractivity contribution in [3.63, 3.8) is 0 Å². The van der Waals surface area contributed by atoms with Gasteiger partial charge in [0.25, 0.3) is 0 Å². The third kappa shape index (κ3) is 1.97. The molecule has 2 aliphatic rings. The van der Waals surface area contributed by atoms with E-state index in [9.17, 15) is 0 Å². The number of halogens is 1. The molecule has 2 aliphatic heterocycles. The highest BCUT2D eigenvalue weighted by Gasteiger charge is 2.18. The van der Waals surface area contributed by atoms with Gasteiger partial charge in [-0.1, -0.05) is 6.07 Å². The van der Waals surface area contributed by atoms with Crippen molar-refractivity contribution in [1.29, 1.82) is 0 Å². The molecule has 0 saturated carbocycles. The van der Waals surface area contributed by atoms with Crippen LogP contribution >= 0.6 is 12.4 Å². The van der Waals surface area contributed by atoms with Gasteiger partial charge in [-0.05, 0) is 18.6 Å². The lowest BCUT2D eigenvalue weighted by Crippen LogP contribution is -2.43. The highest BCUT2D eigenvalue weighted by atomic mass is 35.5. The van der Waals surface area contributed by atoms with Gasteiger partial charge < -0.3 is 15.5 Å². The van der Waals surface area contributed by atoms with E-state index in [0.717, 1.165) is 32.7 Å². The molecule has 1 saturated heterocycles. The summed E-state index contributed by atoms with van der Waals surface area (Å²) in [5.74, 6) is 0. The Balaban J connectivity index is 0.000000963. The molecule has 2 heterocycles. The predicted octanol–water partition coefficient (Wildman–Crippen LogP) is 1.49. The summed E-state index contributed by atoms with van der Waals surface area (Å²) >= 11 is 0. The minimum atomic E-state index is 0. The summed E-state index contributed by atoms with van der Waals surface area (Å²) in [4.78, 5) is 2.50. The van der Waals surface area contributed by atoms with Crippen LogP contribution in [0.3, 0.4) is 0 Å². The smallest absolute Gasteiger partial charge is 0.0421 e. The fraction of sp³-hybridized carbons (Fsp3) is 0.500. The zero-order valence-electron chi connectivity index (χ0n) is 9.33. The van der Waals surface area contributed by atoms with Gasteiger partial charge >= 0.3 is 0 Å². The summed E-state index contributed by atoms with van der Waals surface area (Å²) in [7, 11) is 0. The van der Waals surface area contributed by atoms with Crippen LogP contribution in [0.5, 0.6) is 0 Å². The molecule has 0 radical (unpaired) electrons. The first-order chi connectivity index (χ1) is 7.45. The number of fused-ring (bicyclic) bond motifs is 1. The first kappa shape index (κ1) is 11.6. The topological polar surface area (TPSA) is 27.3 Å². The zero-order valence-corrected chi connectivity index (χ0v) is 10.1. The van der Waals surface area contributed by atoms with E-state index in [1.807, 2.05) is 0 Å². The number of anilines is 2. The van der Waals surface area contributed by atoms with Gasteiger partial charge in [-0.2, -0.15) is 0 Å². The largest absolute Gasteiger partial charge is 0.384 e. The molecule has 0 amide bonds. The molecule has 1 aromatic carbocycles. The molecule has 0 bridgehead atoms. The SMILES string of the molecule is Cl.c1cc2c(c(N3CCNCC3)c1)CCN2. The van der Waals surface area contributed by atoms with Gasteiger partial charge in [0, 0.05) is 49.7 Å². The van der Waals surface area contributed by atoms with Crippen LogP contribution in [0.1, 0.15) is 5.56 Å². The lowest BCUT2D eigenvalue weighted by Gasteiger charge is -2.31. The highest BCUT2D eigenvalue weighted by molar-refractivity contribution is 5.85. The lowest BCUT2D eigenvalue weighted by atomic mass is 10.1. The van der Waals surface area contributed by atoms with Crippen LogP contribution < -0.4 is 15.5 Å². The second-order valence-corrected chi connectivity index (χ2v) is 4.22. The molecule has 0 aromatic heterocycles. The Morgan fingerprint density at radius 3 is 2.69 bits per heavy atom. The lowest BCUT2D eigenvalue weighted by molar-refractivity contribution is 0.588. The molecule has 1 fully saturated rings. The first-order valence-corrected chi connectivity index (χ1v) is 5.76. The van der Waals surface area contributed by atoms with Gasteiger partial charge in [-0.25, -0.2) is 0 Å². The van der Waals surface area contributed by atoms with Gasteiger partial charge in [0.15, 0.2) is 0 Å². The van der Waals surface area contributed by atoms with Crippen molar-refractivity contribution in [3.8, 4) is 0 Å². The Morgan fingerprint density at radius 1 is 1.06 bits per heavy atom. The Hall–Kier alpha value is -0.930. The maximum Gasteiger partial charge on any atom is 0.0421 e. The van der Waals surface area contributed by atoms with E-state index in [1.54, 1.807) is 0 Å². The molecule has 3 rings (SSSR count). The summed E-state index contributed by atoms with van der Waals surface area (Å²) in [6.07, 6.45) is 1.18. The average molecular weight is 240 g/mol. The summed E-state index contributed by atoms with van der Waals surface area (Å²) in [6.45, 7) is 5.58. The van der Waals surface area contributed by atoms with Crippen LogP contribution in [0.4, 0.5) is 11.4 Å². The van der Waals surface area contributed by atoms with E-state index in [4.69, 9.17) is 0 Å². The van der Waals surface area contributed by atoms with Crippen molar-refractivity contribution >= 4 is 23.8 Å². The quantitative estimate of drug-likeness (QED) is 0.778. The Kier molecular flexibility index (Phi) is 3.56. The van der Waals surface area contributed by atoms with Crippen molar-refractivity contribution in [2.75, 3.05) is 42.9 Å². The van der Waals surface area contributed by atoms with Gasteiger partial charge in [-0.3, -0.25) is 0 Å². The molecule has 0 unspecified atom stereocenters. The predicted molar refractivity (Wildman–Crippen MR) is 71.0 cm³/mol. The van der Waals surface area contributed by atoms with Gasteiger partial charge in [-0.15, -0.1) is 12.4 Å². The minimum Gasteiger partial charge on any atom is -0.384 e.